The van der Waals surface area contributed by atoms with Gasteiger partial charge in [-0.2, -0.15) is 0 Å². The van der Waals surface area contributed by atoms with Gasteiger partial charge in [0.2, 0.25) is 5.91 Å². The molecule has 2 N–H and O–H groups in total. The number of ether oxygens (including phenoxy) is 1. The van der Waals surface area contributed by atoms with Gasteiger partial charge in [0.1, 0.15) is 0 Å². The molecule has 1 aromatic heterocycles. The van der Waals surface area contributed by atoms with Crippen LogP contribution in [0.5, 0.6) is 0 Å². The van der Waals surface area contributed by atoms with Crippen LogP contribution in [-0.4, -0.2) is 29.5 Å². The van der Waals surface area contributed by atoms with Gasteiger partial charge in [0.25, 0.3) is 0 Å². The number of nitrogens with one attached hydrogen (secondary N) is 2. The van der Waals surface area contributed by atoms with Gasteiger partial charge in [0.05, 0.1) is 12.2 Å². The fourth-order valence-corrected chi connectivity index (χ4v) is 6.99. The lowest BCUT2D eigenvalue weighted by Gasteiger charge is -2.59. The molecule has 1 aromatic rings. The number of aryl methyl sites for hydroxylation is 2. The number of H-pyrrole nitrogens is 1. The molecule has 160 valence electrons. The smallest absolute Gasteiger partial charge is 0.340 e. The Labute approximate surface area is 174 Å². The first-order chi connectivity index (χ1) is 13.8. The number of hydrogen-bond donors (Lipinski definition) is 2. The maximum absolute atomic E-state index is 12.7. The lowest BCUT2D eigenvalue weighted by atomic mass is 9.48. The zero-order valence-corrected chi connectivity index (χ0v) is 18.4. The highest BCUT2D eigenvalue weighted by Crippen LogP contribution is 2.61. The third-order valence-corrected chi connectivity index (χ3v) is 8.00. The average molecular weight is 401 g/mol. The predicted octanol–water partition coefficient (Wildman–Crippen LogP) is 4.46. The Morgan fingerprint density at radius 1 is 1.14 bits per heavy atom. The molecule has 5 nitrogen and oxygen atoms in total. The summed E-state index contributed by atoms with van der Waals surface area (Å²) in [6, 6.07) is 0.255. The van der Waals surface area contributed by atoms with E-state index < -0.39 is 0 Å². The second kappa shape index (κ2) is 7.81. The molecule has 0 spiro atoms. The quantitative estimate of drug-likeness (QED) is 0.664. The van der Waals surface area contributed by atoms with Crippen molar-refractivity contribution in [3.05, 3.63) is 22.5 Å². The van der Waals surface area contributed by atoms with Crippen LogP contribution < -0.4 is 5.32 Å². The summed E-state index contributed by atoms with van der Waals surface area (Å²) in [4.78, 5) is 28.2. The van der Waals surface area contributed by atoms with Crippen molar-refractivity contribution in [2.24, 2.45) is 23.2 Å². The molecule has 0 saturated heterocycles. The molecule has 0 radical (unpaired) electrons. The number of carbonyl (C=O) groups excluding carboxylic acids is 2. The van der Waals surface area contributed by atoms with Crippen molar-refractivity contribution in [3.8, 4) is 0 Å². The first-order valence-electron chi connectivity index (χ1n) is 11.5. The van der Waals surface area contributed by atoms with Gasteiger partial charge < -0.3 is 15.0 Å². The monoisotopic (exact) mass is 400 g/mol. The van der Waals surface area contributed by atoms with Gasteiger partial charge in [0, 0.05) is 23.9 Å². The molecule has 5 heteroatoms. The molecule has 4 saturated carbocycles. The fraction of sp³-hybridized carbons (Fsp3) is 0.750. The first-order valence-corrected chi connectivity index (χ1v) is 11.5. The number of amides is 1. The Kier molecular flexibility index (Phi) is 5.52. The third-order valence-electron chi connectivity index (χ3n) is 8.00. The molecule has 4 fully saturated rings. The minimum absolute atomic E-state index is 0.123. The van der Waals surface area contributed by atoms with Crippen LogP contribution in [0.4, 0.5) is 0 Å². The van der Waals surface area contributed by atoms with E-state index in [4.69, 9.17) is 4.74 Å². The molecule has 29 heavy (non-hydrogen) atoms. The molecule has 4 aliphatic rings. The number of esters is 1. The van der Waals surface area contributed by atoms with E-state index in [1.54, 1.807) is 0 Å². The highest BCUT2D eigenvalue weighted by molar-refractivity contribution is 5.92. The van der Waals surface area contributed by atoms with Crippen LogP contribution in [0.2, 0.25) is 0 Å². The Bertz CT molecular complexity index is 759. The topological polar surface area (TPSA) is 71.2 Å². The van der Waals surface area contributed by atoms with E-state index in [0.717, 1.165) is 34.7 Å². The normalized spacial score (nSPS) is 31.0. The van der Waals surface area contributed by atoms with Crippen LogP contribution in [-0.2, 0) is 16.0 Å². The van der Waals surface area contributed by atoms with Crippen LogP contribution >= 0.6 is 0 Å². The minimum atomic E-state index is -0.287. The third kappa shape index (κ3) is 3.85. The molecule has 1 atom stereocenters. The van der Waals surface area contributed by atoms with Gasteiger partial charge >= 0.3 is 5.97 Å². The van der Waals surface area contributed by atoms with Crippen LogP contribution in [0.15, 0.2) is 0 Å². The lowest BCUT2D eigenvalue weighted by Crippen LogP contribution is -2.55. The molecule has 1 amide bonds. The second-order valence-electron chi connectivity index (χ2n) is 10.0. The fourth-order valence-electron chi connectivity index (χ4n) is 6.99. The van der Waals surface area contributed by atoms with Crippen molar-refractivity contribution in [1.29, 1.82) is 0 Å². The summed E-state index contributed by atoms with van der Waals surface area (Å²) < 4.78 is 5.16. The standard InChI is InChI=1S/C24H36N2O3/c1-5-29-23(28)22-14(2)20(25-15(22)3)6-7-21(27)26-16(4)24-11-17-8-18(12-24)10-19(9-17)13-24/h16-19,25H,5-13H2,1-4H3,(H,26,27). The number of hydrogen-bond acceptors (Lipinski definition) is 3. The number of carbonyl (C=O) groups is 2. The van der Waals surface area contributed by atoms with Gasteiger partial charge in [-0.1, -0.05) is 0 Å². The van der Waals surface area contributed by atoms with E-state index in [9.17, 15) is 9.59 Å². The van der Waals surface area contributed by atoms with Crippen molar-refractivity contribution >= 4 is 11.9 Å². The highest BCUT2D eigenvalue weighted by Gasteiger charge is 2.53. The maximum Gasteiger partial charge on any atom is 0.340 e. The van der Waals surface area contributed by atoms with Gasteiger partial charge in [0.15, 0.2) is 0 Å². The van der Waals surface area contributed by atoms with Crippen LogP contribution in [0.1, 0.15) is 86.1 Å². The average Bonchev–Trinajstić information content (AvgIpc) is 2.92. The summed E-state index contributed by atoms with van der Waals surface area (Å²) in [6.45, 7) is 8.22. The molecule has 1 heterocycles. The number of rotatable bonds is 7. The van der Waals surface area contributed by atoms with E-state index in [-0.39, 0.29) is 17.9 Å². The van der Waals surface area contributed by atoms with Crippen molar-refractivity contribution < 1.29 is 14.3 Å². The van der Waals surface area contributed by atoms with Crippen molar-refractivity contribution in [1.82, 2.24) is 10.3 Å². The second-order valence-corrected chi connectivity index (χ2v) is 10.0. The van der Waals surface area contributed by atoms with E-state index >= 15 is 0 Å². The zero-order chi connectivity index (χ0) is 20.8. The van der Waals surface area contributed by atoms with E-state index in [2.05, 4.69) is 17.2 Å². The van der Waals surface area contributed by atoms with Gasteiger partial charge in [-0.3, -0.25) is 4.79 Å². The molecule has 4 aliphatic carbocycles. The SMILES string of the molecule is CCOC(=O)c1c(C)[nH]c(CCC(=O)NC(C)C23CC4CC(CC(C4)C2)C3)c1C. The first kappa shape index (κ1) is 20.5. The van der Waals surface area contributed by atoms with Gasteiger partial charge in [-0.15, -0.1) is 0 Å². The number of aromatic nitrogens is 1. The van der Waals surface area contributed by atoms with Crippen LogP contribution in [0, 0.1) is 37.0 Å². The Hall–Kier alpha value is -1.78. The summed E-state index contributed by atoms with van der Waals surface area (Å²) in [6.07, 6.45) is 9.25. The number of aromatic amines is 1. The van der Waals surface area contributed by atoms with E-state index in [0.29, 0.717) is 30.4 Å². The molecule has 0 aliphatic heterocycles. The van der Waals surface area contributed by atoms with Crippen LogP contribution in [0.25, 0.3) is 0 Å². The summed E-state index contributed by atoms with van der Waals surface area (Å²) >= 11 is 0. The minimum Gasteiger partial charge on any atom is -0.462 e. The maximum atomic E-state index is 12.7. The van der Waals surface area contributed by atoms with Crippen molar-refractivity contribution in [3.63, 3.8) is 0 Å². The Balaban J connectivity index is 1.35. The largest absolute Gasteiger partial charge is 0.462 e. The predicted molar refractivity (Wildman–Crippen MR) is 113 cm³/mol. The summed E-state index contributed by atoms with van der Waals surface area (Å²) in [7, 11) is 0. The van der Waals surface area contributed by atoms with Gasteiger partial charge in [-0.05, 0) is 101 Å². The molecular weight excluding hydrogens is 364 g/mol. The molecule has 5 rings (SSSR count). The van der Waals surface area contributed by atoms with Gasteiger partial charge in [-0.25, -0.2) is 4.79 Å². The summed E-state index contributed by atoms with van der Waals surface area (Å²) in [5.74, 6) is 2.52. The molecular formula is C24H36N2O3. The van der Waals surface area contributed by atoms with E-state index in [1.807, 2.05) is 20.8 Å². The van der Waals surface area contributed by atoms with Crippen molar-refractivity contribution in [2.75, 3.05) is 6.61 Å². The summed E-state index contributed by atoms with van der Waals surface area (Å²) in [5, 5.41) is 3.35. The highest BCUT2D eigenvalue weighted by atomic mass is 16.5. The molecule has 1 unspecified atom stereocenters. The van der Waals surface area contributed by atoms with Crippen LogP contribution in [0.3, 0.4) is 0 Å². The molecule has 4 bridgehead atoms. The summed E-state index contributed by atoms with van der Waals surface area (Å²) in [5.41, 5.74) is 3.63. The van der Waals surface area contributed by atoms with Crippen molar-refractivity contribution in [2.45, 2.75) is 85.1 Å². The lowest BCUT2D eigenvalue weighted by molar-refractivity contribution is -0.125. The molecule has 0 aromatic carbocycles. The van der Waals surface area contributed by atoms with E-state index in [1.165, 1.54) is 38.5 Å². The Morgan fingerprint density at radius 3 is 2.28 bits per heavy atom. The Morgan fingerprint density at radius 2 is 1.72 bits per heavy atom. The zero-order valence-electron chi connectivity index (χ0n) is 18.4.